The lowest BCUT2D eigenvalue weighted by Crippen LogP contribution is -2.29. The van der Waals surface area contributed by atoms with Gasteiger partial charge < -0.3 is 16.2 Å². The minimum Gasteiger partial charge on any atom is -0.496 e. The van der Waals surface area contributed by atoms with Crippen LogP contribution in [0.5, 0.6) is 0 Å². The molecular weight excluding hydrogens is 344 g/mol. The highest BCUT2D eigenvalue weighted by molar-refractivity contribution is 5.06. The van der Waals surface area contributed by atoms with Crippen LogP contribution in [0.4, 0.5) is 0 Å². The van der Waals surface area contributed by atoms with Crippen LogP contribution in [-0.4, -0.2) is 18.7 Å². The van der Waals surface area contributed by atoms with Gasteiger partial charge in [-0.25, -0.2) is 0 Å². The van der Waals surface area contributed by atoms with Crippen molar-refractivity contribution in [1.82, 2.24) is 0 Å². The third-order valence-corrected chi connectivity index (χ3v) is 6.09. The van der Waals surface area contributed by atoms with E-state index in [9.17, 15) is 0 Å². The largest absolute Gasteiger partial charge is 0.496 e. The molecule has 0 aromatic rings. The molecule has 0 aliphatic rings. The summed E-state index contributed by atoms with van der Waals surface area (Å²) in [5.74, 6) is 3.02. The van der Waals surface area contributed by atoms with Crippen LogP contribution in [0.3, 0.4) is 0 Å². The summed E-state index contributed by atoms with van der Waals surface area (Å²) in [7, 11) is 0. The van der Waals surface area contributed by atoms with Gasteiger partial charge in [-0.15, -0.1) is 0 Å². The molecule has 0 saturated heterocycles. The maximum Gasteiger partial charge on any atom is 0.110 e. The maximum absolute atomic E-state index is 6.57. The molecule has 3 heteroatoms. The fourth-order valence-corrected chi connectivity index (χ4v) is 3.88. The molecule has 0 aliphatic carbocycles. The standard InChI is InChI=1S/C25H52N2O/c1-7-11-13-22(9-3)16-15-20(5)17-24(27)25(18-21(6)26)28-19-23(10-4)14-12-8-2/h18,20-24H,7-17,19,26-27H2,1-6H3/b25-18+. The summed E-state index contributed by atoms with van der Waals surface area (Å²) in [4.78, 5) is 0. The number of rotatable bonds is 18. The van der Waals surface area contributed by atoms with Gasteiger partial charge in [0.2, 0.25) is 0 Å². The van der Waals surface area contributed by atoms with Crippen molar-refractivity contribution in [3.05, 3.63) is 11.8 Å². The second-order valence-electron chi connectivity index (χ2n) is 9.10. The van der Waals surface area contributed by atoms with Gasteiger partial charge in [0.15, 0.2) is 0 Å². The average Bonchev–Trinajstić information content (AvgIpc) is 2.66. The van der Waals surface area contributed by atoms with Crippen LogP contribution < -0.4 is 11.5 Å². The average molecular weight is 397 g/mol. The van der Waals surface area contributed by atoms with Crippen molar-refractivity contribution in [2.45, 2.75) is 124 Å². The van der Waals surface area contributed by atoms with Gasteiger partial charge in [0.05, 0.1) is 12.6 Å². The molecule has 4 N–H and O–H groups in total. The Morgan fingerprint density at radius 2 is 1.39 bits per heavy atom. The zero-order valence-electron chi connectivity index (χ0n) is 20.0. The van der Waals surface area contributed by atoms with Crippen molar-refractivity contribution in [2.75, 3.05) is 6.61 Å². The monoisotopic (exact) mass is 396 g/mol. The Kier molecular flexibility index (Phi) is 17.0. The van der Waals surface area contributed by atoms with Crippen molar-refractivity contribution < 1.29 is 4.74 Å². The molecule has 3 nitrogen and oxygen atoms in total. The lowest BCUT2D eigenvalue weighted by molar-refractivity contribution is 0.137. The van der Waals surface area contributed by atoms with Crippen LogP contribution in [0.2, 0.25) is 0 Å². The topological polar surface area (TPSA) is 61.3 Å². The Hall–Kier alpha value is -0.540. The van der Waals surface area contributed by atoms with E-state index in [1.165, 1.54) is 57.8 Å². The molecule has 0 bridgehead atoms. The van der Waals surface area contributed by atoms with E-state index in [2.05, 4.69) is 34.6 Å². The van der Waals surface area contributed by atoms with Crippen LogP contribution in [0.15, 0.2) is 11.8 Å². The van der Waals surface area contributed by atoms with Crippen molar-refractivity contribution in [3.63, 3.8) is 0 Å². The molecule has 0 heterocycles. The summed E-state index contributed by atoms with van der Waals surface area (Å²) in [5, 5.41) is 0. The van der Waals surface area contributed by atoms with E-state index < -0.39 is 0 Å². The third-order valence-electron chi connectivity index (χ3n) is 6.09. The van der Waals surface area contributed by atoms with E-state index in [0.717, 1.165) is 31.1 Å². The molecular formula is C25H52N2O. The molecule has 5 atom stereocenters. The second-order valence-corrected chi connectivity index (χ2v) is 9.10. The molecule has 28 heavy (non-hydrogen) atoms. The van der Waals surface area contributed by atoms with E-state index in [0.29, 0.717) is 11.8 Å². The zero-order valence-corrected chi connectivity index (χ0v) is 20.0. The molecule has 5 unspecified atom stereocenters. The van der Waals surface area contributed by atoms with E-state index >= 15 is 0 Å². The van der Waals surface area contributed by atoms with E-state index in [-0.39, 0.29) is 12.1 Å². The highest BCUT2D eigenvalue weighted by Gasteiger charge is 2.18. The van der Waals surface area contributed by atoms with Gasteiger partial charge >= 0.3 is 0 Å². The first-order valence-electron chi connectivity index (χ1n) is 12.2. The van der Waals surface area contributed by atoms with Gasteiger partial charge in [0.1, 0.15) is 5.76 Å². The van der Waals surface area contributed by atoms with E-state index in [4.69, 9.17) is 16.2 Å². The van der Waals surface area contributed by atoms with Crippen LogP contribution in [0, 0.1) is 17.8 Å². The molecule has 0 fully saturated rings. The second kappa shape index (κ2) is 17.3. The minimum absolute atomic E-state index is 0.0226. The third kappa shape index (κ3) is 13.6. The number of ether oxygens (including phenoxy) is 1. The van der Waals surface area contributed by atoms with Crippen molar-refractivity contribution in [3.8, 4) is 0 Å². The van der Waals surface area contributed by atoms with Gasteiger partial charge in [0.25, 0.3) is 0 Å². The van der Waals surface area contributed by atoms with Crippen LogP contribution in [-0.2, 0) is 4.74 Å². The van der Waals surface area contributed by atoms with Crippen molar-refractivity contribution in [1.29, 1.82) is 0 Å². The quantitative estimate of drug-likeness (QED) is 0.250. The van der Waals surface area contributed by atoms with Crippen molar-refractivity contribution >= 4 is 0 Å². The van der Waals surface area contributed by atoms with Crippen molar-refractivity contribution in [2.24, 2.45) is 29.2 Å². The van der Waals surface area contributed by atoms with Crippen LogP contribution in [0.1, 0.15) is 112 Å². The zero-order chi connectivity index (χ0) is 21.4. The molecule has 0 aromatic carbocycles. The molecule has 0 aromatic heterocycles. The van der Waals surface area contributed by atoms with Gasteiger partial charge in [-0.3, -0.25) is 0 Å². The molecule has 0 rings (SSSR count). The van der Waals surface area contributed by atoms with Gasteiger partial charge in [0, 0.05) is 6.04 Å². The predicted molar refractivity (Wildman–Crippen MR) is 125 cm³/mol. The summed E-state index contributed by atoms with van der Waals surface area (Å²) in [6.07, 6.45) is 15.8. The highest BCUT2D eigenvalue weighted by Crippen LogP contribution is 2.25. The van der Waals surface area contributed by atoms with Gasteiger partial charge in [-0.1, -0.05) is 92.4 Å². The Morgan fingerprint density at radius 1 is 0.821 bits per heavy atom. The highest BCUT2D eigenvalue weighted by atomic mass is 16.5. The SMILES string of the molecule is CCCCC(CC)CCC(C)CC(N)/C(=C\C(C)N)OCC(CC)CCCC. The smallest absolute Gasteiger partial charge is 0.110 e. The molecule has 0 amide bonds. The lowest BCUT2D eigenvalue weighted by Gasteiger charge is -2.24. The lowest BCUT2D eigenvalue weighted by atomic mass is 9.88. The first-order valence-corrected chi connectivity index (χ1v) is 12.2. The van der Waals surface area contributed by atoms with Gasteiger partial charge in [-0.2, -0.15) is 0 Å². The van der Waals surface area contributed by atoms with E-state index in [1.54, 1.807) is 0 Å². The number of unbranched alkanes of at least 4 members (excludes halogenated alkanes) is 2. The summed E-state index contributed by atoms with van der Waals surface area (Å²) < 4.78 is 6.22. The summed E-state index contributed by atoms with van der Waals surface area (Å²) in [6, 6.07) is -0.0639. The first-order chi connectivity index (χ1) is 13.4. The predicted octanol–water partition coefficient (Wildman–Crippen LogP) is 6.80. The molecule has 0 aliphatic heterocycles. The van der Waals surface area contributed by atoms with Gasteiger partial charge in [-0.05, 0) is 43.6 Å². The van der Waals surface area contributed by atoms with Crippen LogP contribution >= 0.6 is 0 Å². The Bertz CT molecular complexity index is 381. The van der Waals surface area contributed by atoms with Crippen LogP contribution in [0.25, 0.3) is 0 Å². The molecule has 0 spiro atoms. The molecule has 0 radical (unpaired) electrons. The Labute approximate surface area is 177 Å². The maximum atomic E-state index is 6.57. The first kappa shape index (κ1) is 27.5. The minimum atomic E-state index is -0.0413. The molecule has 0 saturated carbocycles. The van der Waals surface area contributed by atoms with E-state index in [1.807, 2.05) is 13.0 Å². The fraction of sp³-hybridized carbons (Fsp3) is 0.920. The normalized spacial score (nSPS) is 17.8. The Balaban J connectivity index is 4.60. The summed E-state index contributed by atoms with van der Waals surface area (Å²) in [6.45, 7) is 14.2. The fourth-order valence-electron chi connectivity index (χ4n) is 3.88. The number of nitrogens with two attached hydrogens (primary N) is 2. The number of hydrogen-bond donors (Lipinski definition) is 2. The number of hydrogen-bond acceptors (Lipinski definition) is 3. The summed E-state index contributed by atoms with van der Waals surface area (Å²) >= 11 is 0. The summed E-state index contributed by atoms with van der Waals surface area (Å²) in [5.41, 5.74) is 12.6. The Morgan fingerprint density at radius 3 is 1.89 bits per heavy atom. The molecule has 168 valence electrons.